The molecule has 2 aromatic carbocycles. The molecule has 0 aliphatic rings. The Hall–Kier alpha value is -2.33. The lowest BCUT2D eigenvalue weighted by Gasteiger charge is -2.20. The summed E-state index contributed by atoms with van der Waals surface area (Å²) in [5, 5.41) is 6.23. The lowest BCUT2D eigenvalue weighted by atomic mass is 10.0. The van der Waals surface area contributed by atoms with Crippen molar-refractivity contribution in [2.45, 2.75) is 32.4 Å². The highest BCUT2D eigenvalue weighted by Crippen LogP contribution is 2.10. The van der Waals surface area contributed by atoms with Gasteiger partial charge in [-0.2, -0.15) is 0 Å². The summed E-state index contributed by atoms with van der Waals surface area (Å²) in [5.41, 5.74) is 1.45. The molecule has 2 N–H and O–H groups in total. The van der Waals surface area contributed by atoms with E-state index in [1.165, 1.54) is 0 Å². The van der Waals surface area contributed by atoms with Crippen molar-refractivity contribution in [2.24, 2.45) is 0 Å². The first-order valence-electron chi connectivity index (χ1n) is 7.86. The van der Waals surface area contributed by atoms with Crippen LogP contribution in [0.3, 0.4) is 0 Å². The molecular formula is C19H21ClN2O2. The average Bonchev–Trinajstić information content (AvgIpc) is 2.55. The monoisotopic (exact) mass is 344 g/mol. The smallest absolute Gasteiger partial charge is 0.251 e. The fourth-order valence-electron chi connectivity index (χ4n) is 2.29. The third kappa shape index (κ3) is 5.39. The van der Waals surface area contributed by atoms with Crippen molar-refractivity contribution in [3.8, 4) is 0 Å². The van der Waals surface area contributed by atoms with Crippen LogP contribution >= 0.6 is 11.6 Å². The highest BCUT2D eigenvalue weighted by Gasteiger charge is 2.22. The summed E-state index contributed by atoms with van der Waals surface area (Å²) in [5.74, 6) is -0.498. The minimum Gasteiger partial charge on any atom is -0.352 e. The molecule has 0 fully saturated rings. The Morgan fingerprint density at radius 1 is 0.958 bits per heavy atom. The van der Waals surface area contributed by atoms with Gasteiger partial charge in [0.25, 0.3) is 5.91 Å². The predicted molar refractivity (Wildman–Crippen MR) is 96.1 cm³/mol. The van der Waals surface area contributed by atoms with Gasteiger partial charge in [-0.25, -0.2) is 0 Å². The third-order valence-electron chi connectivity index (χ3n) is 3.44. The molecule has 0 aliphatic carbocycles. The SMILES string of the molecule is CC(C)NC(=O)C(Cc1ccccc1)NC(=O)c1ccc(Cl)cc1. The number of carbonyl (C=O) groups excluding carboxylic acids is 2. The molecule has 1 atom stereocenters. The molecule has 0 spiro atoms. The van der Waals surface area contributed by atoms with E-state index in [0.717, 1.165) is 5.56 Å². The minimum atomic E-state index is -0.641. The van der Waals surface area contributed by atoms with Crippen molar-refractivity contribution < 1.29 is 9.59 Å². The molecule has 4 nitrogen and oxygen atoms in total. The Labute approximate surface area is 147 Å². The minimum absolute atomic E-state index is 0.00297. The Kier molecular flexibility index (Phi) is 6.38. The maximum atomic E-state index is 12.4. The van der Waals surface area contributed by atoms with Crippen molar-refractivity contribution in [3.05, 3.63) is 70.7 Å². The molecule has 0 aliphatic heterocycles. The fraction of sp³-hybridized carbons (Fsp3) is 0.263. The van der Waals surface area contributed by atoms with Crippen molar-refractivity contribution in [1.29, 1.82) is 0 Å². The summed E-state index contributed by atoms with van der Waals surface area (Å²) in [7, 11) is 0. The van der Waals surface area contributed by atoms with Crippen molar-refractivity contribution >= 4 is 23.4 Å². The number of benzene rings is 2. The zero-order valence-electron chi connectivity index (χ0n) is 13.8. The van der Waals surface area contributed by atoms with Gasteiger partial charge in [0.05, 0.1) is 0 Å². The van der Waals surface area contributed by atoms with Gasteiger partial charge in [-0.05, 0) is 43.7 Å². The maximum absolute atomic E-state index is 12.4. The Balaban J connectivity index is 2.13. The van der Waals surface area contributed by atoms with Gasteiger partial charge >= 0.3 is 0 Å². The van der Waals surface area contributed by atoms with E-state index in [-0.39, 0.29) is 17.9 Å². The van der Waals surface area contributed by atoms with Gasteiger partial charge in [0.1, 0.15) is 6.04 Å². The van der Waals surface area contributed by atoms with Crippen molar-refractivity contribution in [3.63, 3.8) is 0 Å². The van der Waals surface area contributed by atoms with Gasteiger partial charge in [-0.3, -0.25) is 9.59 Å². The van der Waals surface area contributed by atoms with Crippen LogP contribution in [-0.4, -0.2) is 23.9 Å². The fourth-order valence-corrected chi connectivity index (χ4v) is 2.41. The number of carbonyl (C=O) groups is 2. The molecule has 2 amide bonds. The van der Waals surface area contributed by atoms with E-state index in [2.05, 4.69) is 10.6 Å². The number of halogens is 1. The Morgan fingerprint density at radius 3 is 2.17 bits per heavy atom. The number of hydrogen-bond donors (Lipinski definition) is 2. The number of nitrogens with one attached hydrogen (secondary N) is 2. The van der Waals surface area contributed by atoms with Crippen LogP contribution in [0.15, 0.2) is 54.6 Å². The second-order valence-corrected chi connectivity index (χ2v) is 6.32. The Morgan fingerprint density at radius 2 is 1.58 bits per heavy atom. The summed E-state index contributed by atoms with van der Waals surface area (Å²) in [4.78, 5) is 24.8. The topological polar surface area (TPSA) is 58.2 Å². The lowest BCUT2D eigenvalue weighted by Crippen LogP contribution is -2.49. The van der Waals surface area contributed by atoms with Crippen LogP contribution in [0.5, 0.6) is 0 Å². The summed E-state index contributed by atoms with van der Waals surface area (Å²) < 4.78 is 0. The number of rotatable bonds is 6. The third-order valence-corrected chi connectivity index (χ3v) is 3.69. The van der Waals surface area contributed by atoms with Crippen LogP contribution in [0.4, 0.5) is 0 Å². The molecule has 0 radical (unpaired) electrons. The number of hydrogen-bond acceptors (Lipinski definition) is 2. The summed E-state index contributed by atoms with van der Waals surface area (Å²) in [6, 6.07) is 15.5. The zero-order chi connectivity index (χ0) is 17.5. The number of amides is 2. The van der Waals surface area contributed by atoms with E-state index >= 15 is 0 Å². The molecule has 5 heteroatoms. The van der Waals surface area contributed by atoms with Crippen LogP contribution in [-0.2, 0) is 11.2 Å². The lowest BCUT2D eigenvalue weighted by molar-refractivity contribution is -0.123. The second kappa shape index (κ2) is 8.50. The maximum Gasteiger partial charge on any atom is 0.251 e. The molecule has 2 rings (SSSR count). The van der Waals surface area contributed by atoms with Crippen molar-refractivity contribution in [1.82, 2.24) is 10.6 Å². The molecule has 0 saturated heterocycles. The molecule has 0 heterocycles. The molecule has 2 aromatic rings. The van der Waals surface area contributed by atoms with Gasteiger partial charge in [0.2, 0.25) is 5.91 Å². The highest BCUT2D eigenvalue weighted by atomic mass is 35.5. The summed E-state index contributed by atoms with van der Waals surface area (Å²) >= 11 is 5.84. The predicted octanol–water partition coefficient (Wildman–Crippen LogP) is 3.21. The first kappa shape index (κ1) is 18.0. The first-order chi connectivity index (χ1) is 11.5. The van der Waals surface area contributed by atoms with Crippen LogP contribution in [0.2, 0.25) is 5.02 Å². The summed E-state index contributed by atoms with van der Waals surface area (Å²) in [6.45, 7) is 3.77. The van der Waals surface area contributed by atoms with E-state index in [1.807, 2.05) is 44.2 Å². The van der Waals surface area contributed by atoms with E-state index in [0.29, 0.717) is 17.0 Å². The van der Waals surface area contributed by atoms with E-state index in [4.69, 9.17) is 11.6 Å². The molecule has 126 valence electrons. The molecule has 0 saturated carbocycles. The zero-order valence-corrected chi connectivity index (χ0v) is 14.5. The van der Waals surface area contributed by atoms with Crippen LogP contribution in [0, 0.1) is 0 Å². The Bertz CT molecular complexity index is 684. The molecule has 0 aromatic heterocycles. The van der Waals surface area contributed by atoms with Gasteiger partial charge in [0, 0.05) is 23.0 Å². The highest BCUT2D eigenvalue weighted by molar-refractivity contribution is 6.30. The van der Waals surface area contributed by atoms with Crippen LogP contribution in [0.1, 0.15) is 29.8 Å². The van der Waals surface area contributed by atoms with Crippen LogP contribution < -0.4 is 10.6 Å². The van der Waals surface area contributed by atoms with Gasteiger partial charge < -0.3 is 10.6 Å². The molecule has 24 heavy (non-hydrogen) atoms. The first-order valence-corrected chi connectivity index (χ1v) is 8.24. The second-order valence-electron chi connectivity index (χ2n) is 5.89. The largest absolute Gasteiger partial charge is 0.352 e. The molecular weight excluding hydrogens is 324 g/mol. The summed E-state index contributed by atoms with van der Waals surface area (Å²) in [6.07, 6.45) is 0.429. The molecule has 1 unspecified atom stereocenters. The molecule has 0 bridgehead atoms. The average molecular weight is 345 g/mol. The van der Waals surface area contributed by atoms with Crippen LogP contribution in [0.25, 0.3) is 0 Å². The van der Waals surface area contributed by atoms with Gasteiger partial charge in [0.15, 0.2) is 0 Å². The van der Waals surface area contributed by atoms with Crippen molar-refractivity contribution in [2.75, 3.05) is 0 Å². The standard InChI is InChI=1S/C19H21ClN2O2/c1-13(2)21-19(24)17(12-14-6-4-3-5-7-14)22-18(23)15-8-10-16(20)11-9-15/h3-11,13,17H,12H2,1-2H3,(H,21,24)(H,22,23). The van der Waals surface area contributed by atoms with E-state index in [1.54, 1.807) is 24.3 Å². The van der Waals surface area contributed by atoms with Gasteiger partial charge in [-0.15, -0.1) is 0 Å². The quantitative estimate of drug-likeness (QED) is 0.845. The van der Waals surface area contributed by atoms with E-state index in [9.17, 15) is 9.59 Å². The normalized spacial score (nSPS) is 11.8. The van der Waals surface area contributed by atoms with Gasteiger partial charge in [-0.1, -0.05) is 41.9 Å². The van der Waals surface area contributed by atoms with E-state index < -0.39 is 6.04 Å².